The number of halogens is 7. The number of amides is 1. The van der Waals surface area contributed by atoms with Gasteiger partial charge in [0.2, 0.25) is 5.91 Å². The normalized spacial score (nSPS) is 22.8. The van der Waals surface area contributed by atoms with Gasteiger partial charge < -0.3 is 10.6 Å². The van der Waals surface area contributed by atoms with Crippen molar-refractivity contribution in [3.63, 3.8) is 0 Å². The van der Waals surface area contributed by atoms with Gasteiger partial charge in [-0.25, -0.2) is 8.78 Å². The number of nitrogens with zero attached hydrogens (tertiary/aromatic N) is 1. The van der Waals surface area contributed by atoms with Gasteiger partial charge in [-0.3, -0.25) is 4.79 Å². The lowest BCUT2D eigenvalue weighted by atomic mass is 9.62. The topological polar surface area (TPSA) is 64.9 Å². The zero-order valence-electron chi connectivity index (χ0n) is 22.2. The van der Waals surface area contributed by atoms with Crippen LogP contribution in [0.1, 0.15) is 49.8 Å². The maximum Gasteiger partial charge on any atom is 0.416 e. The molecule has 1 aliphatic heterocycles. The number of hydrogen-bond donors (Lipinski definition) is 2. The van der Waals surface area contributed by atoms with Gasteiger partial charge in [0.15, 0.2) is 0 Å². The summed E-state index contributed by atoms with van der Waals surface area (Å²) >= 11 is 12.1. The Morgan fingerprint density at radius 1 is 1.05 bits per heavy atom. The Morgan fingerprint density at radius 2 is 1.71 bits per heavy atom. The van der Waals surface area contributed by atoms with E-state index < -0.39 is 58.1 Å². The molecule has 1 fully saturated rings. The van der Waals surface area contributed by atoms with E-state index in [1.165, 1.54) is 30.3 Å². The van der Waals surface area contributed by atoms with Crippen molar-refractivity contribution < 1.29 is 26.7 Å². The molecule has 216 valence electrons. The highest BCUT2D eigenvalue weighted by molar-refractivity contribution is 6.31. The number of rotatable bonds is 5. The van der Waals surface area contributed by atoms with Crippen LogP contribution in [0.4, 0.5) is 27.6 Å². The predicted molar refractivity (Wildman–Crippen MR) is 148 cm³/mol. The summed E-state index contributed by atoms with van der Waals surface area (Å²) in [5.74, 6) is -3.74. The lowest BCUT2D eigenvalue weighted by Gasteiger charge is -2.37. The summed E-state index contributed by atoms with van der Waals surface area (Å²) in [6, 6.07) is 11.8. The highest BCUT2D eigenvalue weighted by Gasteiger charge is 2.61. The Labute approximate surface area is 244 Å². The number of carbonyl (C=O) groups excluding carboxylic acids is 1. The third kappa shape index (κ3) is 6.06. The van der Waals surface area contributed by atoms with E-state index in [2.05, 4.69) is 16.7 Å². The van der Waals surface area contributed by atoms with Gasteiger partial charge >= 0.3 is 6.18 Å². The number of nitriles is 1. The second kappa shape index (κ2) is 11.2. The second-order valence-corrected chi connectivity index (χ2v) is 12.1. The smallest absolute Gasteiger partial charge is 0.325 e. The van der Waals surface area contributed by atoms with Crippen LogP contribution in [0.15, 0.2) is 60.7 Å². The Kier molecular flexibility index (Phi) is 8.43. The first-order valence-corrected chi connectivity index (χ1v) is 13.4. The van der Waals surface area contributed by atoms with Crippen molar-refractivity contribution in [1.29, 1.82) is 5.26 Å². The summed E-state index contributed by atoms with van der Waals surface area (Å²) in [6.07, 6.45) is -4.30. The summed E-state index contributed by atoms with van der Waals surface area (Å²) < 4.78 is 70.5. The molecule has 4 nitrogen and oxygen atoms in total. The average molecular weight is 610 g/mol. The number of benzene rings is 3. The molecule has 4 atom stereocenters. The Morgan fingerprint density at radius 3 is 2.27 bits per heavy atom. The van der Waals surface area contributed by atoms with Gasteiger partial charge in [-0.2, -0.15) is 18.4 Å². The molecule has 1 amide bonds. The van der Waals surface area contributed by atoms with Crippen molar-refractivity contribution >= 4 is 34.8 Å². The quantitative estimate of drug-likeness (QED) is 0.286. The maximum atomic E-state index is 15.7. The molecular formula is C30H26Cl2F5N3O. The highest BCUT2D eigenvalue weighted by Crippen LogP contribution is 2.53. The molecule has 4 rings (SSSR count). The van der Waals surface area contributed by atoms with E-state index in [1.807, 2.05) is 20.8 Å². The van der Waals surface area contributed by atoms with Gasteiger partial charge in [0, 0.05) is 28.2 Å². The van der Waals surface area contributed by atoms with E-state index >= 15 is 8.78 Å². The lowest BCUT2D eigenvalue weighted by Crippen LogP contribution is -2.45. The average Bonchev–Trinajstić information content (AvgIpc) is 3.18. The summed E-state index contributed by atoms with van der Waals surface area (Å²) in [5.41, 5.74) is -3.28. The van der Waals surface area contributed by atoms with Crippen LogP contribution in [0.25, 0.3) is 0 Å². The number of alkyl halides is 3. The third-order valence-electron chi connectivity index (χ3n) is 7.21. The van der Waals surface area contributed by atoms with Gasteiger partial charge in [-0.15, -0.1) is 0 Å². The van der Waals surface area contributed by atoms with E-state index in [-0.39, 0.29) is 33.3 Å². The monoisotopic (exact) mass is 609 g/mol. The van der Waals surface area contributed by atoms with Crippen LogP contribution in [0.3, 0.4) is 0 Å². The van der Waals surface area contributed by atoms with Crippen molar-refractivity contribution in [1.82, 2.24) is 5.32 Å². The molecule has 0 aliphatic carbocycles. The predicted octanol–water partition coefficient (Wildman–Crippen LogP) is 8.25. The number of anilines is 1. The van der Waals surface area contributed by atoms with Crippen molar-refractivity contribution in [2.24, 2.45) is 5.41 Å². The number of nitrogens with one attached hydrogen (secondary N) is 2. The van der Waals surface area contributed by atoms with E-state index in [0.717, 1.165) is 30.3 Å². The van der Waals surface area contributed by atoms with Crippen LogP contribution in [0.5, 0.6) is 0 Å². The molecule has 1 heterocycles. The molecule has 41 heavy (non-hydrogen) atoms. The molecule has 0 radical (unpaired) electrons. The fourth-order valence-corrected chi connectivity index (χ4v) is 5.86. The minimum absolute atomic E-state index is 0.0506. The van der Waals surface area contributed by atoms with Crippen molar-refractivity contribution in [3.05, 3.63) is 99.0 Å². The van der Waals surface area contributed by atoms with Gasteiger partial charge in [-0.1, -0.05) is 62.2 Å². The minimum atomic E-state index is -4.57. The molecule has 3 aromatic rings. The van der Waals surface area contributed by atoms with E-state index in [0.29, 0.717) is 0 Å². The van der Waals surface area contributed by atoms with Crippen LogP contribution in [0.2, 0.25) is 10.0 Å². The van der Waals surface area contributed by atoms with E-state index in [9.17, 15) is 23.2 Å². The standard InChI is InChI=1S/C30H26Cl2F5N3O/c1-28(2,3)14-23-29(15-38,20-12-9-17(31)13-22(20)33)24(19-5-4-6-21(32)25(19)34)26(40-23)27(41)39-18-10-7-16(8-11-18)30(35,36)37/h4-13,23-24,26,40H,14H2,1-3H3,(H,39,41)/t23-,24-,26+,29-/m0/s1. The third-order valence-corrected chi connectivity index (χ3v) is 7.74. The SMILES string of the molecule is CC(C)(C)C[C@@H]1N[C@@H](C(=O)Nc2ccc(C(F)(F)F)cc2)[C@H](c2cccc(Cl)c2F)[C@@]1(C#N)c1ccc(Cl)cc1F. The molecule has 2 N–H and O–H groups in total. The summed E-state index contributed by atoms with van der Waals surface area (Å²) in [4.78, 5) is 13.8. The van der Waals surface area contributed by atoms with E-state index in [1.54, 1.807) is 0 Å². The van der Waals surface area contributed by atoms with Crippen LogP contribution in [0, 0.1) is 28.4 Å². The lowest BCUT2D eigenvalue weighted by molar-refractivity contribution is -0.137. The van der Waals surface area contributed by atoms with Gasteiger partial charge in [0.05, 0.1) is 22.7 Å². The first kappa shape index (κ1) is 30.8. The number of hydrogen-bond acceptors (Lipinski definition) is 3. The van der Waals surface area contributed by atoms with Gasteiger partial charge in [-0.05, 0) is 59.9 Å². The van der Waals surface area contributed by atoms with Crippen molar-refractivity contribution in [2.45, 2.75) is 56.8 Å². The number of carbonyl (C=O) groups is 1. The first-order valence-electron chi connectivity index (χ1n) is 12.6. The minimum Gasteiger partial charge on any atom is -0.325 e. The van der Waals surface area contributed by atoms with Crippen LogP contribution < -0.4 is 10.6 Å². The fourth-order valence-electron chi connectivity index (χ4n) is 5.52. The Bertz CT molecular complexity index is 1500. The van der Waals surface area contributed by atoms with Gasteiger partial charge in [0.1, 0.15) is 17.0 Å². The maximum absolute atomic E-state index is 15.7. The van der Waals surface area contributed by atoms with Crippen LogP contribution in [-0.4, -0.2) is 18.0 Å². The van der Waals surface area contributed by atoms with E-state index in [4.69, 9.17) is 23.2 Å². The molecule has 0 aromatic heterocycles. The van der Waals surface area contributed by atoms with Crippen LogP contribution >= 0.6 is 23.2 Å². The van der Waals surface area contributed by atoms with Crippen molar-refractivity contribution in [2.75, 3.05) is 5.32 Å². The zero-order chi connectivity index (χ0) is 30.3. The molecule has 0 unspecified atom stereocenters. The Balaban J connectivity index is 1.91. The highest BCUT2D eigenvalue weighted by atomic mass is 35.5. The largest absolute Gasteiger partial charge is 0.416 e. The molecule has 3 aromatic carbocycles. The molecule has 0 saturated carbocycles. The molecular weight excluding hydrogens is 584 g/mol. The second-order valence-electron chi connectivity index (χ2n) is 11.3. The summed E-state index contributed by atoms with van der Waals surface area (Å²) in [5, 5.41) is 16.4. The Hall–Kier alpha value is -3.19. The molecule has 0 spiro atoms. The van der Waals surface area contributed by atoms with Crippen molar-refractivity contribution in [3.8, 4) is 6.07 Å². The van der Waals surface area contributed by atoms with Crippen LogP contribution in [-0.2, 0) is 16.4 Å². The zero-order valence-corrected chi connectivity index (χ0v) is 23.7. The molecule has 1 aliphatic rings. The first-order chi connectivity index (χ1) is 19.1. The summed E-state index contributed by atoms with van der Waals surface area (Å²) in [6.45, 7) is 5.71. The molecule has 11 heteroatoms. The molecule has 0 bridgehead atoms. The fraction of sp³-hybridized carbons (Fsp3) is 0.333. The summed E-state index contributed by atoms with van der Waals surface area (Å²) in [7, 11) is 0. The molecule has 1 saturated heterocycles. The van der Waals surface area contributed by atoms with Gasteiger partial charge in [0.25, 0.3) is 0 Å².